The van der Waals surface area contributed by atoms with Crippen molar-refractivity contribution in [1.29, 1.82) is 0 Å². The van der Waals surface area contributed by atoms with Crippen LogP contribution in [0.25, 0.3) is 0 Å². The second-order valence-electron chi connectivity index (χ2n) is 2.82. The van der Waals surface area contributed by atoms with Crippen LogP contribution in [0.4, 0.5) is 0 Å². The van der Waals surface area contributed by atoms with Crippen molar-refractivity contribution in [1.82, 2.24) is 9.88 Å². The molecule has 2 rings (SSSR count). The Labute approximate surface area is 60.9 Å². The molecule has 0 saturated heterocycles. The summed E-state index contributed by atoms with van der Waals surface area (Å²) < 4.78 is 2.33. The molecular formula is C8H12N2. The molecule has 0 aliphatic carbocycles. The normalized spacial score (nSPS) is 16.9. The van der Waals surface area contributed by atoms with Crippen molar-refractivity contribution < 1.29 is 0 Å². The standard InChI is InChI=1S/C8H12N2/c1-7-2-4-10-5-3-9-6-8(7)10/h2,4,9H,3,5-6H2,1H3. The molecule has 0 atom stereocenters. The molecule has 0 fully saturated rings. The smallest absolute Gasteiger partial charge is 0.0362 e. The van der Waals surface area contributed by atoms with Crippen LogP contribution in [-0.2, 0) is 13.1 Å². The molecular weight excluding hydrogens is 124 g/mol. The Hall–Kier alpha value is -0.760. The zero-order valence-corrected chi connectivity index (χ0v) is 6.22. The summed E-state index contributed by atoms with van der Waals surface area (Å²) in [6.07, 6.45) is 2.17. The molecule has 2 heteroatoms. The molecule has 2 nitrogen and oxygen atoms in total. The Morgan fingerprint density at radius 3 is 3.30 bits per heavy atom. The van der Waals surface area contributed by atoms with E-state index in [0.717, 1.165) is 19.6 Å². The van der Waals surface area contributed by atoms with E-state index in [4.69, 9.17) is 0 Å². The van der Waals surface area contributed by atoms with Crippen molar-refractivity contribution in [2.24, 2.45) is 0 Å². The van der Waals surface area contributed by atoms with E-state index in [0.29, 0.717) is 0 Å². The molecule has 0 bridgehead atoms. The lowest BCUT2D eigenvalue weighted by Crippen LogP contribution is -2.27. The van der Waals surface area contributed by atoms with Crippen LogP contribution in [0.1, 0.15) is 11.3 Å². The first-order valence-corrected chi connectivity index (χ1v) is 3.73. The quantitative estimate of drug-likeness (QED) is 0.560. The van der Waals surface area contributed by atoms with Gasteiger partial charge in [0.2, 0.25) is 0 Å². The number of nitrogens with one attached hydrogen (secondary N) is 1. The zero-order chi connectivity index (χ0) is 6.97. The van der Waals surface area contributed by atoms with E-state index < -0.39 is 0 Å². The van der Waals surface area contributed by atoms with Crippen molar-refractivity contribution in [2.45, 2.75) is 20.0 Å². The number of rotatable bonds is 0. The van der Waals surface area contributed by atoms with Gasteiger partial charge < -0.3 is 9.88 Å². The Kier molecular flexibility index (Phi) is 1.27. The molecule has 0 unspecified atom stereocenters. The summed E-state index contributed by atoms with van der Waals surface area (Å²) in [6.45, 7) is 5.45. The molecule has 54 valence electrons. The molecule has 0 amide bonds. The minimum Gasteiger partial charge on any atom is -0.349 e. The molecule has 1 aromatic heterocycles. The highest BCUT2D eigenvalue weighted by atomic mass is 15.1. The van der Waals surface area contributed by atoms with Crippen LogP contribution in [0.5, 0.6) is 0 Å². The number of nitrogens with zero attached hydrogens (tertiary/aromatic N) is 1. The summed E-state index contributed by atoms with van der Waals surface area (Å²) in [6, 6.07) is 2.18. The Morgan fingerprint density at radius 1 is 1.60 bits per heavy atom. The molecule has 0 spiro atoms. The molecule has 2 heterocycles. The van der Waals surface area contributed by atoms with Crippen LogP contribution < -0.4 is 5.32 Å². The van der Waals surface area contributed by atoms with Gasteiger partial charge in [-0.05, 0) is 18.6 Å². The largest absolute Gasteiger partial charge is 0.349 e. The number of aromatic nitrogens is 1. The summed E-state index contributed by atoms with van der Waals surface area (Å²) in [4.78, 5) is 0. The SMILES string of the molecule is Cc1ccn2c1CNCC2. The van der Waals surface area contributed by atoms with Gasteiger partial charge in [-0.2, -0.15) is 0 Å². The molecule has 0 radical (unpaired) electrons. The minimum absolute atomic E-state index is 1.04. The van der Waals surface area contributed by atoms with Crippen molar-refractivity contribution in [2.75, 3.05) is 6.54 Å². The second kappa shape index (κ2) is 2.13. The average molecular weight is 136 g/mol. The van der Waals surface area contributed by atoms with Gasteiger partial charge in [0.15, 0.2) is 0 Å². The van der Waals surface area contributed by atoms with Crippen molar-refractivity contribution in [3.05, 3.63) is 23.5 Å². The maximum atomic E-state index is 3.35. The highest BCUT2D eigenvalue weighted by molar-refractivity contribution is 5.21. The molecule has 1 N–H and O–H groups in total. The topological polar surface area (TPSA) is 17.0 Å². The number of hydrogen-bond acceptors (Lipinski definition) is 1. The van der Waals surface area contributed by atoms with E-state index in [1.165, 1.54) is 11.3 Å². The van der Waals surface area contributed by atoms with Gasteiger partial charge in [-0.25, -0.2) is 0 Å². The third kappa shape index (κ3) is 0.762. The monoisotopic (exact) mass is 136 g/mol. The Bertz CT molecular complexity index is 237. The van der Waals surface area contributed by atoms with Gasteiger partial charge in [-0.3, -0.25) is 0 Å². The summed E-state index contributed by atoms with van der Waals surface area (Å²) in [5.41, 5.74) is 2.86. The lowest BCUT2D eigenvalue weighted by molar-refractivity contribution is 0.514. The van der Waals surface area contributed by atoms with Crippen molar-refractivity contribution >= 4 is 0 Å². The molecule has 1 aliphatic rings. The first-order valence-electron chi connectivity index (χ1n) is 3.73. The van der Waals surface area contributed by atoms with E-state index in [1.807, 2.05) is 0 Å². The summed E-state index contributed by atoms with van der Waals surface area (Å²) in [5, 5.41) is 3.35. The summed E-state index contributed by atoms with van der Waals surface area (Å²) in [5.74, 6) is 0. The molecule has 1 aliphatic heterocycles. The van der Waals surface area contributed by atoms with E-state index in [-0.39, 0.29) is 0 Å². The van der Waals surface area contributed by atoms with Gasteiger partial charge in [0.05, 0.1) is 0 Å². The van der Waals surface area contributed by atoms with Crippen LogP contribution in [0.2, 0.25) is 0 Å². The predicted molar refractivity (Wildman–Crippen MR) is 40.9 cm³/mol. The Morgan fingerprint density at radius 2 is 2.50 bits per heavy atom. The van der Waals surface area contributed by atoms with Gasteiger partial charge >= 0.3 is 0 Å². The first-order chi connectivity index (χ1) is 4.88. The van der Waals surface area contributed by atoms with Crippen LogP contribution in [0.3, 0.4) is 0 Å². The minimum atomic E-state index is 1.04. The number of fused-ring (bicyclic) bond motifs is 1. The summed E-state index contributed by atoms with van der Waals surface area (Å²) in [7, 11) is 0. The van der Waals surface area contributed by atoms with Gasteiger partial charge in [-0.1, -0.05) is 0 Å². The fraction of sp³-hybridized carbons (Fsp3) is 0.500. The van der Waals surface area contributed by atoms with Gasteiger partial charge in [0, 0.05) is 31.5 Å². The van der Waals surface area contributed by atoms with Crippen LogP contribution >= 0.6 is 0 Å². The van der Waals surface area contributed by atoms with Crippen LogP contribution in [0.15, 0.2) is 12.3 Å². The number of aryl methyl sites for hydroxylation is 1. The molecule has 0 saturated carbocycles. The van der Waals surface area contributed by atoms with Gasteiger partial charge in [-0.15, -0.1) is 0 Å². The third-order valence-electron chi connectivity index (χ3n) is 2.13. The number of hydrogen-bond donors (Lipinski definition) is 1. The van der Waals surface area contributed by atoms with E-state index in [1.54, 1.807) is 0 Å². The lowest BCUT2D eigenvalue weighted by Gasteiger charge is -2.16. The van der Waals surface area contributed by atoms with Gasteiger partial charge in [0.1, 0.15) is 0 Å². The second-order valence-corrected chi connectivity index (χ2v) is 2.82. The molecule has 10 heavy (non-hydrogen) atoms. The fourth-order valence-electron chi connectivity index (χ4n) is 1.47. The maximum Gasteiger partial charge on any atom is 0.0362 e. The van der Waals surface area contributed by atoms with Gasteiger partial charge in [0.25, 0.3) is 0 Å². The average Bonchev–Trinajstić information content (AvgIpc) is 2.34. The van der Waals surface area contributed by atoms with Crippen molar-refractivity contribution in [3.63, 3.8) is 0 Å². The molecule has 0 aromatic carbocycles. The fourth-order valence-corrected chi connectivity index (χ4v) is 1.47. The van der Waals surface area contributed by atoms with E-state index in [9.17, 15) is 0 Å². The third-order valence-corrected chi connectivity index (χ3v) is 2.13. The highest BCUT2D eigenvalue weighted by Gasteiger charge is 2.08. The Balaban J connectivity index is 2.45. The van der Waals surface area contributed by atoms with Crippen LogP contribution in [0, 0.1) is 6.92 Å². The van der Waals surface area contributed by atoms with E-state index in [2.05, 4.69) is 29.1 Å². The highest BCUT2D eigenvalue weighted by Crippen LogP contribution is 2.11. The van der Waals surface area contributed by atoms with E-state index >= 15 is 0 Å². The molecule has 1 aromatic rings. The zero-order valence-electron chi connectivity index (χ0n) is 6.22. The predicted octanol–water partition coefficient (Wildman–Crippen LogP) is 0.900. The lowest BCUT2D eigenvalue weighted by atomic mass is 10.2. The maximum absolute atomic E-state index is 3.35. The summed E-state index contributed by atoms with van der Waals surface area (Å²) >= 11 is 0. The van der Waals surface area contributed by atoms with Crippen LogP contribution in [-0.4, -0.2) is 11.1 Å². The van der Waals surface area contributed by atoms with Crippen molar-refractivity contribution in [3.8, 4) is 0 Å². The first kappa shape index (κ1) is 5.98.